The zero-order valence-corrected chi connectivity index (χ0v) is 16.7. The first kappa shape index (κ1) is 18.4. The predicted molar refractivity (Wildman–Crippen MR) is 114 cm³/mol. The summed E-state index contributed by atoms with van der Waals surface area (Å²) in [5, 5.41) is 3.87. The number of aromatic nitrogens is 2. The number of hydrogen-bond donors (Lipinski definition) is 1. The van der Waals surface area contributed by atoms with Crippen LogP contribution < -0.4 is 5.32 Å². The highest BCUT2D eigenvalue weighted by Crippen LogP contribution is 2.38. The Morgan fingerprint density at radius 3 is 2.57 bits per heavy atom. The third-order valence-corrected chi connectivity index (χ3v) is 5.61. The van der Waals surface area contributed by atoms with Gasteiger partial charge in [0, 0.05) is 24.8 Å². The Morgan fingerprint density at radius 1 is 1.11 bits per heavy atom. The number of carbonyl (C=O) groups excluding carboxylic acids is 1. The minimum atomic E-state index is -0.145. The largest absolute Gasteiger partial charge is 0.354 e. The van der Waals surface area contributed by atoms with Crippen LogP contribution in [0, 0.1) is 13.8 Å². The number of amides is 1. The lowest BCUT2D eigenvalue weighted by Crippen LogP contribution is -2.19. The van der Waals surface area contributed by atoms with Crippen LogP contribution in [0.4, 0.5) is 0 Å². The van der Waals surface area contributed by atoms with E-state index in [2.05, 4.69) is 36.3 Å². The second-order valence-corrected chi connectivity index (χ2v) is 7.43. The molecule has 3 aromatic rings. The molecule has 0 spiro atoms. The van der Waals surface area contributed by atoms with Crippen molar-refractivity contribution in [2.45, 2.75) is 39.5 Å². The van der Waals surface area contributed by atoms with Crippen LogP contribution >= 0.6 is 0 Å². The van der Waals surface area contributed by atoms with Crippen LogP contribution in [0.15, 0.2) is 42.7 Å². The lowest BCUT2D eigenvalue weighted by Gasteiger charge is -2.20. The fourth-order valence-corrected chi connectivity index (χ4v) is 4.30. The maximum atomic E-state index is 12.4. The summed E-state index contributed by atoms with van der Waals surface area (Å²) in [4.78, 5) is 21.2. The molecule has 0 unspecified atom stereocenters. The van der Waals surface area contributed by atoms with Crippen molar-refractivity contribution in [3.05, 3.63) is 65.1 Å². The number of pyridine rings is 2. The highest BCUT2D eigenvalue weighted by Gasteiger charge is 2.19. The van der Waals surface area contributed by atoms with E-state index in [9.17, 15) is 4.79 Å². The molecular formula is C24H25N3O. The zero-order valence-electron chi connectivity index (χ0n) is 16.7. The molecule has 2 heterocycles. The molecule has 2 aromatic heterocycles. The van der Waals surface area contributed by atoms with Gasteiger partial charge in [0.05, 0.1) is 5.52 Å². The van der Waals surface area contributed by atoms with Gasteiger partial charge in [-0.15, -0.1) is 0 Å². The van der Waals surface area contributed by atoms with E-state index >= 15 is 0 Å². The zero-order chi connectivity index (χ0) is 19.7. The van der Waals surface area contributed by atoms with Crippen LogP contribution in [0.2, 0.25) is 0 Å². The van der Waals surface area contributed by atoms with Crippen molar-refractivity contribution in [3.63, 3.8) is 0 Å². The Hall–Kier alpha value is -3.01. The molecule has 0 bridgehead atoms. The number of hydrogen-bond acceptors (Lipinski definition) is 3. The number of carbonyl (C=O) groups is 1. The van der Waals surface area contributed by atoms with Gasteiger partial charge < -0.3 is 5.32 Å². The van der Waals surface area contributed by atoms with E-state index in [1.165, 1.54) is 29.5 Å². The molecule has 1 N–H and O–H groups in total. The molecular weight excluding hydrogens is 346 g/mol. The molecule has 0 radical (unpaired) electrons. The molecule has 1 aromatic carbocycles. The van der Waals surface area contributed by atoms with Crippen molar-refractivity contribution in [3.8, 4) is 11.1 Å². The van der Waals surface area contributed by atoms with Crippen LogP contribution in [0.5, 0.6) is 0 Å². The second-order valence-electron chi connectivity index (χ2n) is 7.43. The smallest absolute Gasteiger partial charge is 0.269 e. The van der Waals surface area contributed by atoms with Crippen molar-refractivity contribution in [2.24, 2.45) is 0 Å². The molecule has 0 aliphatic heterocycles. The number of benzene rings is 1. The summed E-state index contributed by atoms with van der Waals surface area (Å²) in [5.74, 6) is -0.145. The molecule has 0 saturated carbocycles. The van der Waals surface area contributed by atoms with Crippen LogP contribution in [-0.4, -0.2) is 22.9 Å². The lowest BCUT2D eigenvalue weighted by molar-refractivity contribution is 0.0958. The number of rotatable bonds is 3. The summed E-state index contributed by atoms with van der Waals surface area (Å²) < 4.78 is 0. The van der Waals surface area contributed by atoms with Crippen molar-refractivity contribution in [2.75, 3.05) is 7.05 Å². The fourth-order valence-electron chi connectivity index (χ4n) is 4.30. The van der Waals surface area contributed by atoms with E-state index in [0.717, 1.165) is 40.4 Å². The molecule has 142 valence electrons. The number of aryl methyl sites for hydroxylation is 2. The summed E-state index contributed by atoms with van der Waals surface area (Å²) in [6.45, 7) is 4.27. The molecule has 4 rings (SSSR count). The molecule has 0 saturated heterocycles. The fraction of sp³-hybridized carbons (Fsp3) is 0.292. The quantitative estimate of drug-likeness (QED) is 0.686. The lowest BCUT2D eigenvalue weighted by atomic mass is 9.86. The summed E-state index contributed by atoms with van der Waals surface area (Å²) in [5.41, 5.74) is 8.59. The van der Waals surface area contributed by atoms with Crippen LogP contribution in [0.3, 0.4) is 0 Å². The predicted octanol–water partition coefficient (Wildman–Crippen LogP) is 5.23. The number of nitrogens with one attached hydrogen (secondary N) is 1. The number of nitrogens with zero attached hydrogens (tertiary/aromatic N) is 2. The average molecular weight is 371 g/mol. The molecule has 4 nitrogen and oxygen atoms in total. The number of allylic oxidation sites excluding steroid dienone is 2. The van der Waals surface area contributed by atoms with Gasteiger partial charge in [-0.3, -0.25) is 9.78 Å². The van der Waals surface area contributed by atoms with Gasteiger partial charge in [-0.05, 0) is 97.2 Å². The van der Waals surface area contributed by atoms with Crippen LogP contribution in [0.25, 0.3) is 27.6 Å². The Balaban J connectivity index is 2.05. The van der Waals surface area contributed by atoms with E-state index in [-0.39, 0.29) is 5.91 Å². The first-order chi connectivity index (χ1) is 13.6. The topological polar surface area (TPSA) is 54.9 Å². The average Bonchev–Trinajstić information content (AvgIpc) is 2.73. The summed E-state index contributed by atoms with van der Waals surface area (Å²) in [6, 6.07) is 8.18. The molecule has 1 amide bonds. The Morgan fingerprint density at radius 2 is 1.89 bits per heavy atom. The van der Waals surface area contributed by atoms with E-state index < -0.39 is 0 Å². The second kappa shape index (κ2) is 7.55. The van der Waals surface area contributed by atoms with Gasteiger partial charge in [0.1, 0.15) is 5.69 Å². The van der Waals surface area contributed by atoms with Gasteiger partial charge in [-0.25, -0.2) is 4.98 Å². The maximum absolute atomic E-state index is 12.4. The Bertz CT molecular complexity index is 1080. The van der Waals surface area contributed by atoms with Gasteiger partial charge in [0.15, 0.2) is 0 Å². The molecule has 1 aliphatic rings. The maximum Gasteiger partial charge on any atom is 0.269 e. The standard InChI is InChI=1S/C24H25N3O/c1-15-13-20-23(16(2)22(15)18-9-11-26-12-10-18)19(17-7-5-4-6-8-17)14-21(27-20)24(28)25-3/h7,9-14H,4-6,8H2,1-3H3,(H,25,28). The van der Waals surface area contributed by atoms with E-state index in [1.54, 1.807) is 7.05 Å². The third-order valence-electron chi connectivity index (χ3n) is 5.61. The van der Waals surface area contributed by atoms with E-state index in [0.29, 0.717) is 5.69 Å². The Labute approximate surface area is 165 Å². The SMILES string of the molecule is CNC(=O)c1cc(C2=CCCCC2)c2c(C)c(-c3ccncc3)c(C)cc2n1. The normalized spacial score (nSPS) is 14.0. The van der Waals surface area contributed by atoms with Crippen LogP contribution in [-0.2, 0) is 0 Å². The monoisotopic (exact) mass is 371 g/mol. The van der Waals surface area contributed by atoms with Gasteiger partial charge in [0.25, 0.3) is 5.91 Å². The van der Waals surface area contributed by atoms with Gasteiger partial charge in [-0.1, -0.05) is 6.08 Å². The molecule has 0 atom stereocenters. The highest BCUT2D eigenvalue weighted by atomic mass is 16.1. The highest BCUT2D eigenvalue weighted by molar-refractivity contribution is 6.03. The first-order valence-electron chi connectivity index (χ1n) is 9.87. The van der Waals surface area contributed by atoms with Crippen molar-refractivity contribution < 1.29 is 4.79 Å². The van der Waals surface area contributed by atoms with Crippen molar-refractivity contribution in [1.82, 2.24) is 15.3 Å². The van der Waals surface area contributed by atoms with Crippen molar-refractivity contribution in [1.29, 1.82) is 0 Å². The molecule has 4 heteroatoms. The molecule has 0 fully saturated rings. The first-order valence-corrected chi connectivity index (χ1v) is 9.87. The summed E-state index contributed by atoms with van der Waals surface area (Å²) in [7, 11) is 1.65. The van der Waals surface area contributed by atoms with Crippen LogP contribution in [0.1, 0.15) is 52.9 Å². The minimum absolute atomic E-state index is 0.145. The van der Waals surface area contributed by atoms with E-state index in [4.69, 9.17) is 4.98 Å². The van der Waals surface area contributed by atoms with Gasteiger partial charge >= 0.3 is 0 Å². The van der Waals surface area contributed by atoms with Gasteiger partial charge in [0.2, 0.25) is 0 Å². The minimum Gasteiger partial charge on any atom is -0.354 e. The summed E-state index contributed by atoms with van der Waals surface area (Å²) in [6.07, 6.45) is 10.5. The molecule has 1 aliphatic carbocycles. The van der Waals surface area contributed by atoms with E-state index in [1.807, 2.05) is 30.6 Å². The summed E-state index contributed by atoms with van der Waals surface area (Å²) >= 11 is 0. The molecule has 28 heavy (non-hydrogen) atoms. The Kier molecular flexibility index (Phi) is 4.95. The third kappa shape index (κ3) is 3.19. The van der Waals surface area contributed by atoms with Crippen molar-refractivity contribution >= 4 is 22.4 Å². The number of fused-ring (bicyclic) bond motifs is 1. The van der Waals surface area contributed by atoms with Gasteiger partial charge in [-0.2, -0.15) is 0 Å².